The van der Waals surface area contributed by atoms with E-state index in [-0.39, 0.29) is 5.69 Å². The number of rotatable bonds is 2. The van der Waals surface area contributed by atoms with E-state index in [9.17, 15) is 13.2 Å². The van der Waals surface area contributed by atoms with E-state index in [0.29, 0.717) is 10.1 Å². The van der Waals surface area contributed by atoms with Crippen LogP contribution in [0.25, 0.3) is 5.65 Å². The zero-order valence-electron chi connectivity index (χ0n) is 7.79. The van der Waals surface area contributed by atoms with Crippen molar-refractivity contribution < 1.29 is 13.2 Å². The lowest BCUT2D eigenvalue weighted by Crippen LogP contribution is -2.21. The van der Waals surface area contributed by atoms with Crippen LogP contribution in [0.5, 0.6) is 0 Å². The fourth-order valence-electron chi connectivity index (χ4n) is 1.22. The molecule has 4 nitrogen and oxygen atoms in total. The zero-order valence-corrected chi connectivity index (χ0v) is 9.38. The maximum absolute atomic E-state index is 12.1. The molecule has 1 N–H and O–H groups in total. The van der Waals surface area contributed by atoms with Gasteiger partial charge >= 0.3 is 6.18 Å². The number of anilines is 1. The van der Waals surface area contributed by atoms with Gasteiger partial charge < -0.3 is 5.32 Å². The third-order valence-corrected chi connectivity index (χ3v) is 2.25. The summed E-state index contributed by atoms with van der Waals surface area (Å²) in [5.74, 6) is 0. The summed E-state index contributed by atoms with van der Waals surface area (Å²) < 4.78 is 38.2. The lowest BCUT2D eigenvalue weighted by Gasteiger charge is -2.10. The van der Waals surface area contributed by atoms with Crippen molar-refractivity contribution in [2.45, 2.75) is 6.18 Å². The normalized spacial score (nSPS) is 12.0. The van der Waals surface area contributed by atoms with Crippen molar-refractivity contribution in [3.8, 4) is 0 Å². The van der Waals surface area contributed by atoms with Gasteiger partial charge in [-0.1, -0.05) is 0 Å². The van der Waals surface area contributed by atoms with E-state index < -0.39 is 12.7 Å². The maximum Gasteiger partial charge on any atom is 0.405 e. The number of pyridine rings is 1. The van der Waals surface area contributed by atoms with Crippen molar-refractivity contribution in [1.82, 2.24) is 14.6 Å². The van der Waals surface area contributed by atoms with Crippen LogP contribution in [-0.4, -0.2) is 27.3 Å². The standard InChI is InChI=1S/C8H6BrF3N4/c9-5-1-6(13-3-8(10,11)12)7-14-4-15-16(7)2-5/h1-2,4,13H,3H2. The third kappa shape index (κ3) is 2.43. The van der Waals surface area contributed by atoms with Gasteiger partial charge in [0.1, 0.15) is 12.9 Å². The summed E-state index contributed by atoms with van der Waals surface area (Å²) in [6, 6.07) is 1.52. The van der Waals surface area contributed by atoms with Crippen LogP contribution in [0, 0.1) is 0 Å². The Morgan fingerprint density at radius 2 is 2.19 bits per heavy atom. The van der Waals surface area contributed by atoms with Crippen LogP contribution in [0.2, 0.25) is 0 Å². The lowest BCUT2D eigenvalue weighted by atomic mass is 10.4. The number of nitrogens with one attached hydrogen (secondary N) is 1. The molecular weight excluding hydrogens is 289 g/mol. The molecule has 0 bridgehead atoms. The van der Waals surface area contributed by atoms with Gasteiger partial charge in [-0.2, -0.15) is 18.3 Å². The molecule has 86 valence electrons. The Bertz CT molecular complexity index is 507. The predicted octanol–water partition coefficient (Wildman–Crippen LogP) is 2.47. The smallest absolute Gasteiger partial charge is 0.373 e. The van der Waals surface area contributed by atoms with Crippen LogP contribution in [-0.2, 0) is 0 Å². The molecule has 0 atom stereocenters. The molecule has 16 heavy (non-hydrogen) atoms. The molecule has 0 saturated carbocycles. The first-order chi connectivity index (χ1) is 7.46. The first kappa shape index (κ1) is 11.2. The first-order valence-corrected chi connectivity index (χ1v) is 5.04. The first-order valence-electron chi connectivity index (χ1n) is 4.25. The Balaban J connectivity index is 2.32. The second kappa shape index (κ2) is 3.93. The van der Waals surface area contributed by atoms with E-state index in [1.54, 1.807) is 6.20 Å². The molecule has 2 aromatic rings. The van der Waals surface area contributed by atoms with Crippen LogP contribution in [0.15, 0.2) is 23.1 Å². The second-order valence-electron chi connectivity index (χ2n) is 3.07. The molecule has 0 unspecified atom stereocenters. The van der Waals surface area contributed by atoms with Gasteiger partial charge in [-0.05, 0) is 22.0 Å². The minimum absolute atomic E-state index is 0.282. The van der Waals surface area contributed by atoms with E-state index >= 15 is 0 Å². The Hall–Kier alpha value is -1.31. The highest BCUT2D eigenvalue weighted by molar-refractivity contribution is 9.10. The molecule has 0 amide bonds. The Morgan fingerprint density at radius 1 is 1.44 bits per heavy atom. The van der Waals surface area contributed by atoms with Crippen molar-refractivity contribution in [3.05, 3.63) is 23.1 Å². The second-order valence-corrected chi connectivity index (χ2v) is 3.98. The summed E-state index contributed by atoms with van der Waals surface area (Å²) in [6.07, 6.45) is -1.37. The summed E-state index contributed by atoms with van der Waals surface area (Å²) in [4.78, 5) is 3.86. The Morgan fingerprint density at radius 3 is 2.88 bits per heavy atom. The number of nitrogens with zero attached hydrogens (tertiary/aromatic N) is 3. The van der Waals surface area contributed by atoms with E-state index in [1.807, 2.05) is 0 Å². The van der Waals surface area contributed by atoms with Gasteiger partial charge in [0.05, 0.1) is 5.69 Å². The molecule has 0 radical (unpaired) electrons. The van der Waals surface area contributed by atoms with Gasteiger partial charge in [0.2, 0.25) is 0 Å². The molecule has 0 aromatic carbocycles. The number of hydrogen-bond donors (Lipinski definition) is 1. The number of fused-ring (bicyclic) bond motifs is 1. The lowest BCUT2D eigenvalue weighted by molar-refractivity contribution is -0.115. The minimum atomic E-state index is -4.26. The van der Waals surface area contributed by atoms with E-state index in [4.69, 9.17) is 0 Å². The maximum atomic E-state index is 12.1. The molecule has 0 aliphatic carbocycles. The largest absolute Gasteiger partial charge is 0.405 e. The number of halogens is 4. The monoisotopic (exact) mass is 294 g/mol. The molecule has 8 heteroatoms. The molecule has 0 fully saturated rings. The minimum Gasteiger partial charge on any atom is -0.373 e. The van der Waals surface area contributed by atoms with Crippen LogP contribution in [0.4, 0.5) is 18.9 Å². The quantitative estimate of drug-likeness (QED) is 0.925. The van der Waals surface area contributed by atoms with Gasteiger partial charge in [-0.15, -0.1) is 0 Å². The predicted molar refractivity (Wildman–Crippen MR) is 55.2 cm³/mol. The summed E-state index contributed by atoms with van der Waals surface area (Å²) in [7, 11) is 0. The van der Waals surface area contributed by atoms with E-state index in [0.717, 1.165) is 0 Å². The highest BCUT2D eigenvalue weighted by atomic mass is 79.9. The molecule has 0 saturated heterocycles. The van der Waals surface area contributed by atoms with Crippen LogP contribution < -0.4 is 5.32 Å². The number of hydrogen-bond acceptors (Lipinski definition) is 3. The topological polar surface area (TPSA) is 42.2 Å². The highest BCUT2D eigenvalue weighted by Gasteiger charge is 2.27. The summed E-state index contributed by atoms with van der Waals surface area (Å²) in [5.41, 5.74) is 0.636. The van der Waals surface area contributed by atoms with Crippen LogP contribution in [0.3, 0.4) is 0 Å². The fourth-order valence-corrected chi connectivity index (χ4v) is 1.64. The van der Waals surface area contributed by atoms with E-state index in [1.165, 1.54) is 16.9 Å². The van der Waals surface area contributed by atoms with Gasteiger partial charge in [0.15, 0.2) is 5.65 Å². The zero-order chi connectivity index (χ0) is 11.8. The van der Waals surface area contributed by atoms with Gasteiger partial charge in [-0.25, -0.2) is 9.50 Å². The van der Waals surface area contributed by atoms with E-state index in [2.05, 4.69) is 31.3 Å². The highest BCUT2D eigenvalue weighted by Crippen LogP contribution is 2.22. The molecular formula is C8H6BrF3N4. The number of aromatic nitrogens is 3. The van der Waals surface area contributed by atoms with Crippen LogP contribution >= 0.6 is 15.9 Å². The molecule has 2 heterocycles. The summed E-state index contributed by atoms with van der Waals surface area (Å²) in [5, 5.41) is 6.12. The van der Waals surface area contributed by atoms with Crippen molar-refractivity contribution in [2.24, 2.45) is 0 Å². The fraction of sp³-hybridized carbons (Fsp3) is 0.250. The molecule has 0 spiro atoms. The summed E-state index contributed by atoms with van der Waals surface area (Å²) in [6.45, 7) is -1.11. The van der Waals surface area contributed by atoms with Gasteiger partial charge in [0.25, 0.3) is 0 Å². The Kier molecular flexibility index (Phi) is 2.75. The average Bonchev–Trinajstić information content (AvgIpc) is 2.60. The third-order valence-electron chi connectivity index (χ3n) is 1.82. The SMILES string of the molecule is FC(F)(F)CNc1cc(Br)cn2ncnc12. The molecule has 2 aromatic heterocycles. The number of alkyl halides is 3. The Labute approximate surface area is 96.6 Å². The van der Waals surface area contributed by atoms with Crippen molar-refractivity contribution in [3.63, 3.8) is 0 Å². The summed E-state index contributed by atoms with van der Waals surface area (Å²) >= 11 is 3.18. The van der Waals surface area contributed by atoms with Gasteiger partial charge in [-0.3, -0.25) is 0 Å². The molecule has 0 aliphatic rings. The van der Waals surface area contributed by atoms with Gasteiger partial charge in [0, 0.05) is 10.7 Å². The molecule has 2 rings (SSSR count). The molecule has 0 aliphatic heterocycles. The van der Waals surface area contributed by atoms with Crippen molar-refractivity contribution >= 4 is 27.3 Å². The van der Waals surface area contributed by atoms with Crippen molar-refractivity contribution in [1.29, 1.82) is 0 Å². The average molecular weight is 295 g/mol. The van der Waals surface area contributed by atoms with Crippen molar-refractivity contribution in [2.75, 3.05) is 11.9 Å². The van der Waals surface area contributed by atoms with Crippen LogP contribution in [0.1, 0.15) is 0 Å².